The Morgan fingerprint density at radius 2 is 2.03 bits per heavy atom. The van der Waals surface area contributed by atoms with Crippen LogP contribution in [0.1, 0.15) is 39.3 Å². The number of H-pyrrole nitrogens is 1. The first-order valence-corrected chi connectivity index (χ1v) is 11.1. The van der Waals surface area contributed by atoms with Crippen molar-refractivity contribution in [3.63, 3.8) is 0 Å². The predicted molar refractivity (Wildman–Crippen MR) is 122 cm³/mol. The summed E-state index contributed by atoms with van der Waals surface area (Å²) in [6, 6.07) is 0. The fourth-order valence-corrected chi connectivity index (χ4v) is 3.68. The van der Waals surface area contributed by atoms with Crippen LogP contribution in [0.25, 0.3) is 22.6 Å². The van der Waals surface area contributed by atoms with Gasteiger partial charge in [-0.3, -0.25) is 4.68 Å². The molecule has 0 spiro atoms. The molecule has 1 aliphatic heterocycles. The number of carbonyl (C=O) groups excluding carboxylic acids is 1. The van der Waals surface area contributed by atoms with E-state index in [-0.39, 0.29) is 6.09 Å². The largest absolute Gasteiger partial charge is 0.449 e. The van der Waals surface area contributed by atoms with Crippen molar-refractivity contribution in [2.45, 2.75) is 47.1 Å². The van der Waals surface area contributed by atoms with Gasteiger partial charge >= 0.3 is 6.09 Å². The highest BCUT2D eigenvalue weighted by Gasteiger charge is 2.19. The van der Waals surface area contributed by atoms with Crippen molar-refractivity contribution in [1.82, 2.24) is 34.2 Å². The van der Waals surface area contributed by atoms with Crippen molar-refractivity contribution < 1.29 is 9.53 Å². The second-order valence-corrected chi connectivity index (χ2v) is 8.41. The number of aromatic nitrogens is 6. The van der Waals surface area contributed by atoms with Gasteiger partial charge in [0.05, 0.1) is 24.7 Å². The van der Waals surface area contributed by atoms with E-state index in [2.05, 4.69) is 27.0 Å². The Bertz CT molecular complexity index is 1090. The summed E-state index contributed by atoms with van der Waals surface area (Å²) in [4.78, 5) is 24.8. The first kappa shape index (κ1) is 22.9. The van der Waals surface area contributed by atoms with E-state index in [4.69, 9.17) is 17.0 Å². The average Bonchev–Trinajstić information content (AvgIpc) is 3.47. The zero-order valence-corrected chi connectivity index (χ0v) is 19.7. The minimum absolute atomic E-state index is 0.138. The van der Waals surface area contributed by atoms with Gasteiger partial charge in [-0.05, 0) is 32.6 Å². The van der Waals surface area contributed by atoms with Crippen LogP contribution in [-0.4, -0.2) is 60.0 Å². The van der Waals surface area contributed by atoms with E-state index < -0.39 is 0 Å². The zero-order valence-electron chi connectivity index (χ0n) is 18.9. The second kappa shape index (κ2) is 10.0. The molecular weight excluding hydrogens is 414 g/mol. The van der Waals surface area contributed by atoms with Gasteiger partial charge in [0, 0.05) is 32.4 Å². The molecule has 9 nitrogen and oxygen atoms in total. The predicted octanol–water partition coefficient (Wildman–Crippen LogP) is 4.09. The Labute approximate surface area is 187 Å². The molecule has 3 aromatic heterocycles. The summed E-state index contributed by atoms with van der Waals surface area (Å²) in [5, 5.41) is 4.36. The van der Waals surface area contributed by atoms with Crippen molar-refractivity contribution in [3.05, 3.63) is 22.9 Å². The molecule has 1 fully saturated rings. The van der Waals surface area contributed by atoms with E-state index in [1.807, 2.05) is 43.3 Å². The molecule has 31 heavy (non-hydrogen) atoms. The molecule has 0 saturated carbocycles. The number of fused-ring (bicyclic) bond motifs is 1. The van der Waals surface area contributed by atoms with E-state index >= 15 is 0 Å². The third kappa shape index (κ3) is 5.12. The molecule has 3 aromatic rings. The number of hydrogen-bond donors (Lipinski definition) is 1. The summed E-state index contributed by atoms with van der Waals surface area (Å²) in [7, 11) is 1.96. The van der Waals surface area contributed by atoms with Crippen LogP contribution in [0.2, 0.25) is 0 Å². The van der Waals surface area contributed by atoms with Crippen LogP contribution >= 0.6 is 12.2 Å². The number of imidazole rings is 1. The maximum absolute atomic E-state index is 11.3. The van der Waals surface area contributed by atoms with Crippen LogP contribution < -0.4 is 0 Å². The van der Waals surface area contributed by atoms with Gasteiger partial charge in [0.2, 0.25) is 0 Å². The van der Waals surface area contributed by atoms with E-state index in [0.717, 1.165) is 60.7 Å². The number of ether oxygens (including phenoxy) is 1. The number of rotatable bonds is 4. The van der Waals surface area contributed by atoms with E-state index in [0.29, 0.717) is 17.2 Å². The number of nitrogens with zero attached hydrogens (tertiary/aromatic N) is 6. The average molecular weight is 446 g/mol. The molecule has 4 heterocycles. The van der Waals surface area contributed by atoms with Gasteiger partial charge in [-0.25, -0.2) is 14.8 Å². The lowest BCUT2D eigenvalue weighted by Crippen LogP contribution is -2.29. The monoisotopic (exact) mass is 445 g/mol. The van der Waals surface area contributed by atoms with Crippen molar-refractivity contribution in [1.29, 1.82) is 0 Å². The highest BCUT2D eigenvalue weighted by Crippen LogP contribution is 2.25. The van der Waals surface area contributed by atoms with E-state index in [9.17, 15) is 4.79 Å². The number of aromatic amines is 1. The summed E-state index contributed by atoms with van der Waals surface area (Å²) < 4.78 is 9.52. The molecule has 0 bridgehead atoms. The number of amides is 1. The number of nitrogens with one attached hydrogen (secondary N) is 1. The fourth-order valence-electron chi connectivity index (χ4n) is 3.48. The molecule has 1 aliphatic rings. The standard InChI is InChI=1S/C12H14N6S.C9H17NO2/c1-4-18-7(2)8(5-15-18)10-16-9-11(17(10)3)13-6-14-12(9)19;1-8(2)7-12-9(11)10-5-3-4-6-10/h5-6H,4H2,1-3H3,(H,13,14,19);8H,3-7H2,1-2H3. The third-order valence-corrected chi connectivity index (χ3v) is 5.53. The lowest BCUT2D eigenvalue weighted by atomic mass is 10.2. The van der Waals surface area contributed by atoms with Crippen LogP contribution in [0.5, 0.6) is 0 Å². The van der Waals surface area contributed by atoms with Gasteiger partial charge < -0.3 is 19.2 Å². The van der Waals surface area contributed by atoms with Crippen LogP contribution in [0.15, 0.2) is 12.5 Å². The van der Waals surface area contributed by atoms with Crippen LogP contribution in [0.4, 0.5) is 4.79 Å². The lowest BCUT2D eigenvalue weighted by molar-refractivity contribution is 0.0995. The van der Waals surface area contributed by atoms with Crippen molar-refractivity contribution in [2.24, 2.45) is 13.0 Å². The number of likely N-dealkylation sites (tertiary alicyclic amines) is 1. The van der Waals surface area contributed by atoms with Gasteiger partial charge in [0.15, 0.2) is 4.64 Å². The first-order valence-electron chi connectivity index (χ1n) is 10.7. The summed E-state index contributed by atoms with van der Waals surface area (Å²) in [5.41, 5.74) is 3.71. The maximum Gasteiger partial charge on any atom is 0.409 e. The smallest absolute Gasteiger partial charge is 0.409 e. The van der Waals surface area contributed by atoms with E-state index in [1.54, 1.807) is 11.2 Å². The Hall–Kier alpha value is -2.75. The molecule has 1 N–H and O–H groups in total. The quantitative estimate of drug-likeness (QED) is 0.608. The van der Waals surface area contributed by atoms with Crippen LogP contribution in [0, 0.1) is 17.5 Å². The molecular formula is C21H31N7O2S. The van der Waals surface area contributed by atoms with E-state index in [1.165, 1.54) is 0 Å². The molecule has 1 amide bonds. The van der Waals surface area contributed by atoms with Gasteiger partial charge in [0.25, 0.3) is 0 Å². The molecule has 0 unspecified atom stereocenters. The Morgan fingerprint density at radius 3 is 2.61 bits per heavy atom. The van der Waals surface area contributed by atoms with Crippen LogP contribution in [0.3, 0.4) is 0 Å². The van der Waals surface area contributed by atoms with Gasteiger partial charge in [0.1, 0.15) is 17.0 Å². The van der Waals surface area contributed by atoms with Crippen molar-refractivity contribution in [3.8, 4) is 11.4 Å². The van der Waals surface area contributed by atoms with Gasteiger partial charge in [-0.15, -0.1) is 0 Å². The van der Waals surface area contributed by atoms with Gasteiger partial charge in [-0.1, -0.05) is 26.1 Å². The fraction of sp³-hybridized carbons (Fsp3) is 0.571. The number of carbonyl (C=O) groups is 1. The highest BCUT2D eigenvalue weighted by atomic mass is 32.1. The molecule has 0 aliphatic carbocycles. The van der Waals surface area contributed by atoms with Gasteiger partial charge in [-0.2, -0.15) is 5.10 Å². The Morgan fingerprint density at radius 1 is 1.32 bits per heavy atom. The lowest BCUT2D eigenvalue weighted by Gasteiger charge is -2.15. The number of aryl methyl sites for hydroxylation is 2. The molecule has 0 atom stereocenters. The summed E-state index contributed by atoms with van der Waals surface area (Å²) in [6.07, 6.45) is 5.55. The van der Waals surface area contributed by atoms with Crippen LogP contribution in [-0.2, 0) is 18.3 Å². The second-order valence-electron chi connectivity index (χ2n) is 8.02. The highest BCUT2D eigenvalue weighted by molar-refractivity contribution is 7.71. The van der Waals surface area contributed by atoms with Crippen molar-refractivity contribution >= 4 is 29.5 Å². The zero-order chi connectivity index (χ0) is 22.5. The minimum atomic E-state index is -0.138. The SMILES string of the molecule is CC(C)COC(=O)N1CCCC1.CCn1ncc(-c2nc3c(=S)nc[nH]c3n2C)c1C. The summed E-state index contributed by atoms with van der Waals surface area (Å²) >= 11 is 5.21. The molecule has 168 valence electrons. The summed E-state index contributed by atoms with van der Waals surface area (Å²) in [5.74, 6) is 1.28. The molecule has 0 radical (unpaired) electrons. The normalized spacial score (nSPS) is 13.5. The number of hydrogen-bond acceptors (Lipinski definition) is 6. The first-order chi connectivity index (χ1) is 14.8. The molecule has 1 saturated heterocycles. The minimum Gasteiger partial charge on any atom is -0.449 e. The summed E-state index contributed by atoms with van der Waals surface area (Å²) in [6.45, 7) is 11.3. The molecule has 10 heteroatoms. The molecule has 0 aromatic carbocycles. The molecule has 4 rings (SSSR count). The topological polar surface area (TPSA) is 93.9 Å². The van der Waals surface area contributed by atoms with Crippen molar-refractivity contribution in [2.75, 3.05) is 19.7 Å². The Kier molecular flexibility index (Phi) is 7.42. The Balaban J connectivity index is 0.000000196. The third-order valence-electron chi connectivity index (χ3n) is 5.23. The maximum atomic E-state index is 11.3.